The molecule has 2 aromatic rings. The predicted octanol–water partition coefficient (Wildman–Crippen LogP) is 3.43. The van der Waals surface area contributed by atoms with Gasteiger partial charge in [0.25, 0.3) is 0 Å². The Morgan fingerprint density at radius 3 is 2.52 bits per heavy atom. The molecule has 0 amide bonds. The highest BCUT2D eigenvalue weighted by atomic mass is 16.5. The van der Waals surface area contributed by atoms with E-state index in [-0.39, 0.29) is 6.04 Å². The van der Waals surface area contributed by atoms with Crippen molar-refractivity contribution in [2.24, 2.45) is 4.99 Å². The third kappa shape index (κ3) is 6.03. The van der Waals surface area contributed by atoms with Gasteiger partial charge < -0.3 is 19.8 Å². The van der Waals surface area contributed by atoms with Gasteiger partial charge in [0.15, 0.2) is 5.96 Å². The lowest BCUT2D eigenvalue weighted by molar-refractivity contribution is 0.193. The number of aliphatic imine (C=N–C) groups is 1. The van der Waals surface area contributed by atoms with Crippen molar-refractivity contribution in [3.05, 3.63) is 54.0 Å². The van der Waals surface area contributed by atoms with Gasteiger partial charge in [-0.2, -0.15) is 0 Å². The normalized spacial score (nSPS) is 12.9. The van der Waals surface area contributed by atoms with Gasteiger partial charge in [-0.05, 0) is 38.2 Å². The summed E-state index contributed by atoms with van der Waals surface area (Å²) in [6.45, 7) is 10.4. The molecular weight excluding hydrogens is 340 g/mol. The van der Waals surface area contributed by atoms with Crippen LogP contribution in [0.3, 0.4) is 0 Å². The number of rotatable bonds is 10. The highest BCUT2D eigenvalue weighted by Gasteiger charge is 2.20. The molecule has 0 aliphatic heterocycles. The van der Waals surface area contributed by atoms with Crippen LogP contribution in [0.15, 0.2) is 52.1 Å². The van der Waals surface area contributed by atoms with Gasteiger partial charge in [-0.25, -0.2) is 4.99 Å². The summed E-state index contributed by atoms with van der Waals surface area (Å²) in [6.07, 6.45) is 1.73. The fraction of sp³-hybridized carbons (Fsp3) is 0.476. The summed E-state index contributed by atoms with van der Waals surface area (Å²) < 4.78 is 11.1. The molecule has 148 valence electrons. The Bertz CT molecular complexity index is 681. The van der Waals surface area contributed by atoms with Crippen molar-refractivity contribution in [3.63, 3.8) is 0 Å². The lowest BCUT2D eigenvalue weighted by Gasteiger charge is -2.28. The van der Waals surface area contributed by atoms with Gasteiger partial charge in [-0.15, -0.1) is 0 Å². The highest BCUT2D eigenvalue weighted by molar-refractivity contribution is 5.79. The lowest BCUT2D eigenvalue weighted by atomic mass is 10.2. The summed E-state index contributed by atoms with van der Waals surface area (Å²) in [5.74, 6) is 2.60. The molecule has 6 heteroatoms. The van der Waals surface area contributed by atoms with Gasteiger partial charge in [-0.3, -0.25) is 4.90 Å². The average Bonchev–Trinajstić information content (AvgIpc) is 3.23. The first-order valence-corrected chi connectivity index (χ1v) is 9.64. The Morgan fingerprint density at radius 2 is 1.89 bits per heavy atom. The van der Waals surface area contributed by atoms with Crippen molar-refractivity contribution in [2.75, 3.05) is 33.3 Å². The molecule has 6 nitrogen and oxygen atoms in total. The molecule has 0 saturated heterocycles. The molecule has 0 bridgehead atoms. The maximum Gasteiger partial charge on any atom is 0.191 e. The summed E-state index contributed by atoms with van der Waals surface area (Å²) in [7, 11) is 1.68. The SMILES string of the molecule is CCNC(=NCc1ccccc1OC)NCC(c1ccco1)N(CC)CC. The van der Waals surface area contributed by atoms with E-state index in [1.807, 2.05) is 36.4 Å². The molecule has 0 aliphatic rings. The van der Waals surface area contributed by atoms with Crippen molar-refractivity contribution in [1.29, 1.82) is 0 Å². The van der Waals surface area contributed by atoms with E-state index in [2.05, 4.69) is 36.3 Å². The lowest BCUT2D eigenvalue weighted by Crippen LogP contribution is -2.43. The molecule has 1 aromatic heterocycles. The van der Waals surface area contributed by atoms with Crippen LogP contribution in [0.25, 0.3) is 0 Å². The van der Waals surface area contributed by atoms with E-state index in [0.29, 0.717) is 13.1 Å². The van der Waals surface area contributed by atoms with Gasteiger partial charge in [0, 0.05) is 18.7 Å². The molecule has 1 unspecified atom stereocenters. The fourth-order valence-corrected chi connectivity index (χ4v) is 3.09. The molecule has 0 radical (unpaired) electrons. The monoisotopic (exact) mass is 372 g/mol. The fourth-order valence-electron chi connectivity index (χ4n) is 3.09. The van der Waals surface area contributed by atoms with Crippen LogP contribution in [-0.2, 0) is 6.54 Å². The first-order valence-electron chi connectivity index (χ1n) is 9.64. The number of likely N-dealkylation sites (N-methyl/N-ethyl adjacent to an activating group) is 1. The van der Waals surface area contributed by atoms with Crippen LogP contribution in [-0.4, -0.2) is 44.1 Å². The second-order valence-electron chi connectivity index (χ2n) is 6.14. The number of furan rings is 1. The minimum absolute atomic E-state index is 0.158. The van der Waals surface area contributed by atoms with Crippen molar-refractivity contribution in [3.8, 4) is 5.75 Å². The minimum atomic E-state index is 0.158. The quantitative estimate of drug-likeness (QED) is 0.494. The van der Waals surface area contributed by atoms with E-state index in [9.17, 15) is 0 Å². The Morgan fingerprint density at radius 1 is 1.11 bits per heavy atom. The average molecular weight is 373 g/mol. The second-order valence-corrected chi connectivity index (χ2v) is 6.14. The van der Waals surface area contributed by atoms with E-state index in [1.165, 1.54) is 0 Å². The summed E-state index contributed by atoms with van der Waals surface area (Å²) in [5, 5.41) is 6.78. The van der Waals surface area contributed by atoms with Crippen LogP contribution in [0, 0.1) is 0 Å². The molecule has 0 saturated carbocycles. The summed E-state index contributed by atoms with van der Waals surface area (Å²) >= 11 is 0. The van der Waals surface area contributed by atoms with Gasteiger partial charge >= 0.3 is 0 Å². The molecule has 1 atom stereocenters. The topological polar surface area (TPSA) is 62.0 Å². The number of ether oxygens (including phenoxy) is 1. The standard InChI is InChI=1S/C21H32N4O2/c1-5-22-21(23-15-17-11-8-9-12-19(17)26-4)24-16-18(25(6-2)7-3)20-13-10-14-27-20/h8-14,18H,5-7,15-16H2,1-4H3,(H2,22,23,24). The van der Waals surface area contributed by atoms with Crippen molar-refractivity contribution in [2.45, 2.75) is 33.4 Å². The van der Waals surface area contributed by atoms with Crippen molar-refractivity contribution < 1.29 is 9.15 Å². The highest BCUT2D eigenvalue weighted by Crippen LogP contribution is 2.20. The molecule has 0 aliphatic carbocycles. The number of methoxy groups -OCH3 is 1. The number of benzene rings is 1. The molecule has 2 rings (SSSR count). The predicted molar refractivity (Wildman–Crippen MR) is 110 cm³/mol. The van der Waals surface area contributed by atoms with Crippen LogP contribution in [0.2, 0.25) is 0 Å². The largest absolute Gasteiger partial charge is 0.496 e. The van der Waals surface area contributed by atoms with E-state index in [4.69, 9.17) is 14.1 Å². The first-order chi connectivity index (χ1) is 13.2. The molecule has 1 heterocycles. The Hall–Kier alpha value is -2.47. The number of hydrogen-bond donors (Lipinski definition) is 2. The molecular formula is C21H32N4O2. The van der Waals surface area contributed by atoms with E-state index >= 15 is 0 Å². The van der Waals surface area contributed by atoms with E-state index < -0.39 is 0 Å². The molecule has 0 fully saturated rings. The van der Waals surface area contributed by atoms with Crippen molar-refractivity contribution in [1.82, 2.24) is 15.5 Å². The smallest absolute Gasteiger partial charge is 0.191 e. The number of hydrogen-bond acceptors (Lipinski definition) is 4. The van der Waals surface area contributed by atoms with Gasteiger partial charge in [-0.1, -0.05) is 32.0 Å². The zero-order valence-corrected chi connectivity index (χ0v) is 16.9. The van der Waals surface area contributed by atoms with Crippen LogP contribution in [0.1, 0.15) is 38.1 Å². The van der Waals surface area contributed by atoms with E-state index in [0.717, 1.165) is 42.7 Å². The number of nitrogens with one attached hydrogen (secondary N) is 2. The number of guanidine groups is 1. The van der Waals surface area contributed by atoms with Crippen LogP contribution in [0.4, 0.5) is 0 Å². The van der Waals surface area contributed by atoms with Crippen LogP contribution in [0.5, 0.6) is 5.75 Å². The maximum absolute atomic E-state index is 5.67. The van der Waals surface area contributed by atoms with Gasteiger partial charge in [0.1, 0.15) is 11.5 Å². The third-order valence-corrected chi connectivity index (χ3v) is 4.53. The Balaban J connectivity index is 2.09. The van der Waals surface area contributed by atoms with Crippen LogP contribution >= 0.6 is 0 Å². The van der Waals surface area contributed by atoms with Crippen LogP contribution < -0.4 is 15.4 Å². The van der Waals surface area contributed by atoms with Gasteiger partial charge in [0.2, 0.25) is 0 Å². The first kappa shape index (κ1) is 20.8. The molecule has 1 aromatic carbocycles. The maximum atomic E-state index is 5.67. The Kier molecular flexibility index (Phi) is 8.71. The zero-order chi connectivity index (χ0) is 19.5. The summed E-state index contributed by atoms with van der Waals surface area (Å²) in [6, 6.07) is 12.1. The Labute approximate surface area is 162 Å². The summed E-state index contributed by atoms with van der Waals surface area (Å²) in [5.41, 5.74) is 1.06. The van der Waals surface area contributed by atoms with Crippen molar-refractivity contribution >= 4 is 5.96 Å². The van der Waals surface area contributed by atoms with Gasteiger partial charge in [0.05, 0.1) is 26.0 Å². The molecule has 0 spiro atoms. The zero-order valence-electron chi connectivity index (χ0n) is 16.9. The molecule has 2 N–H and O–H groups in total. The minimum Gasteiger partial charge on any atom is -0.496 e. The van der Waals surface area contributed by atoms with E-state index in [1.54, 1.807) is 13.4 Å². The molecule has 27 heavy (non-hydrogen) atoms. The summed E-state index contributed by atoms with van der Waals surface area (Å²) in [4.78, 5) is 7.09. The third-order valence-electron chi connectivity index (χ3n) is 4.53. The number of para-hydroxylation sites is 1. The number of nitrogens with zero attached hydrogens (tertiary/aromatic N) is 2. The second kappa shape index (κ2) is 11.3.